The van der Waals surface area contributed by atoms with E-state index in [2.05, 4.69) is 5.32 Å². The van der Waals surface area contributed by atoms with Crippen LogP contribution in [-0.4, -0.2) is 19.9 Å². The second kappa shape index (κ2) is 4.92. The first kappa shape index (κ1) is 14.0. The van der Waals surface area contributed by atoms with Gasteiger partial charge >= 0.3 is 0 Å². The Morgan fingerprint density at radius 1 is 1.37 bits per heavy atom. The van der Waals surface area contributed by atoms with Crippen molar-refractivity contribution in [1.29, 1.82) is 0 Å². The summed E-state index contributed by atoms with van der Waals surface area (Å²) in [4.78, 5) is 11.8. The monoisotopic (exact) mass is 283 g/mol. The van der Waals surface area contributed by atoms with Crippen molar-refractivity contribution in [3.63, 3.8) is 0 Å². The lowest BCUT2D eigenvalue weighted by Crippen LogP contribution is -2.48. The van der Waals surface area contributed by atoms with Gasteiger partial charge in [0.1, 0.15) is 0 Å². The first-order chi connectivity index (χ1) is 8.78. The van der Waals surface area contributed by atoms with Crippen molar-refractivity contribution in [3.05, 3.63) is 24.3 Å². The third kappa shape index (κ3) is 3.52. The maximum atomic E-state index is 11.8. The van der Waals surface area contributed by atoms with Gasteiger partial charge in [0, 0.05) is 17.6 Å². The molecule has 1 fully saturated rings. The number of benzene rings is 1. The molecule has 6 nitrogen and oxygen atoms in total. The quantitative estimate of drug-likeness (QED) is 0.748. The Labute approximate surface area is 112 Å². The van der Waals surface area contributed by atoms with E-state index in [9.17, 15) is 13.2 Å². The van der Waals surface area contributed by atoms with E-state index < -0.39 is 15.6 Å². The second-order valence-electron chi connectivity index (χ2n) is 5.01. The van der Waals surface area contributed by atoms with Crippen LogP contribution < -0.4 is 16.2 Å². The Kier molecular flexibility index (Phi) is 3.62. The number of nitrogens with one attached hydrogen (secondary N) is 1. The number of carbonyl (C=O) groups excluding carboxylic acids is 1. The van der Waals surface area contributed by atoms with Crippen LogP contribution >= 0.6 is 0 Å². The van der Waals surface area contributed by atoms with Crippen molar-refractivity contribution < 1.29 is 13.2 Å². The molecule has 104 valence electrons. The number of primary sulfonamides is 1. The minimum Gasteiger partial charge on any atom is -0.326 e. The zero-order valence-electron chi connectivity index (χ0n) is 10.4. The lowest BCUT2D eigenvalue weighted by Gasteiger charge is -2.37. The molecule has 0 atom stereocenters. The largest absolute Gasteiger partial charge is 0.326 e. The summed E-state index contributed by atoms with van der Waals surface area (Å²) in [6.45, 7) is 0. The normalized spacial score (nSPS) is 17.6. The Balaban J connectivity index is 2.05. The maximum absolute atomic E-state index is 11.8. The van der Waals surface area contributed by atoms with Crippen LogP contribution in [0.25, 0.3) is 0 Å². The van der Waals surface area contributed by atoms with Gasteiger partial charge in [-0.25, -0.2) is 13.6 Å². The summed E-state index contributed by atoms with van der Waals surface area (Å²) in [5, 5.41) is 7.67. The van der Waals surface area contributed by atoms with Crippen LogP contribution in [0.5, 0.6) is 0 Å². The predicted molar refractivity (Wildman–Crippen MR) is 71.8 cm³/mol. The Morgan fingerprint density at radius 3 is 2.58 bits per heavy atom. The fourth-order valence-corrected chi connectivity index (χ4v) is 2.64. The molecule has 0 heterocycles. The number of rotatable bonds is 4. The molecule has 0 bridgehead atoms. The zero-order valence-corrected chi connectivity index (χ0v) is 11.2. The van der Waals surface area contributed by atoms with E-state index in [4.69, 9.17) is 10.9 Å². The van der Waals surface area contributed by atoms with Crippen LogP contribution in [-0.2, 0) is 14.8 Å². The molecule has 0 aromatic heterocycles. The lowest BCUT2D eigenvalue weighted by molar-refractivity contribution is -0.118. The van der Waals surface area contributed by atoms with Gasteiger partial charge in [0.05, 0.1) is 4.90 Å². The molecule has 5 N–H and O–H groups in total. The van der Waals surface area contributed by atoms with E-state index in [1.54, 1.807) is 6.07 Å². The van der Waals surface area contributed by atoms with Crippen molar-refractivity contribution >= 4 is 21.6 Å². The third-order valence-corrected chi connectivity index (χ3v) is 4.22. The number of carbonyl (C=O) groups is 1. The molecule has 1 aliphatic carbocycles. The number of hydrogen-bond donors (Lipinski definition) is 3. The Bertz CT molecular complexity index is 594. The number of anilines is 1. The molecule has 0 spiro atoms. The lowest BCUT2D eigenvalue weighted by atomic mass is 9.75. The summed E-state index contributed by atoms with van der Waals surface area (Å²) in [5.41, 5.74) is 5.98. The van der Waals surface area contributed by atoms with Crippen molar-refractivity contribution in [2.75, 3.05) is 5.32 Å². The molecule has 2 rings (SSSR count). The van der Waals surface area contributed by atoms with E-state index in [1.165, 1.54) is 18.2 Å². The minimum absolute atomic E-state index is 0.0311. The average Bonchev–Trinajstić information content (AvgIpc) is 2.26. The minimum atomic E-state index is -3.77. The van der Waals surface area contributed by atoms with Gasteiger partial charge in [-0.2, -0.15) is 0 Å². The van der Waals surface area contributed by atoms with Gasteiger partial charge in [-0.1, -0.05) is 6.07 Å². The third-order valence-electron chi connectivity index (χ3n) is 3.31. The van der Waals surface area contributed by atoms with Crippen molar-refractivity contribution in [3.8, 4) is 0 Å². The van der Waals surface area contributed by atoms with Gasteiger partial charge in [-0.15, -0.1) is 0 Å². The van der Waals surface area contributed by atoms with Gasteiger partial charge in [0.2, 0.25) is 15.9 Å². The topological polar surface area (TPSA) is 115 Å². The van der Waals surface area contributed by atoms with E-state index >= 15 is 0 Å². The van der Waals surface area contributed by atoms with Crippen molar-refractivity contribution in [2.45, 2.75) is 36.1 Å². The Hall–Kier alpha value is -1.44. The smallest absolute Gasteiger partial charge is 0.238 e. The molecule has 0 saturated heterocycles. The molecule has 1 aromatic rings. The molecule has 19 heavy (non-hydrogen) atoms. The molecule has 1 aliphatic rings. The van der Waals surface area contributed by atoms with Gasteiger partial charge in [0.25, 0.3) is 0 Å². The van der Waals surface area contributed by atoms with Gasteiger partial charge in [-0.3, -0.25) is 4.79 Å². The fourth-order valence-electron chi connectivity index (χ4n) is 2.08. The number of hydrogen-bond acceptors (Lipinski definition) is 4. The van der Waals surface area contributed by atoms with Crippen LogP contribution in [0.4, 0.5) is 5.69 Å². The fraction of sp³-hybridized carbons (Fsp3) is 0.417. The van der Waals surface area contributed by atoms with E-state index in [1.807, 2.05) is 0 Å². The van der Waals surface area contributed by atoms with Gasteiger partial charge in [0.15, 0.2) is 0 Å². The van der Waals surface area contributed by atoms with Crippen molar-refractivity contribution in [2.24, 2.45) is 10.9 Å². The molecule has 0 unspecified atom stereocenters. The zero-order chi connectivity index (χ0) is 14.1. The molecule has 1 amide bonds. The van der Waals surface area contributed by atoms with Crippen LogP contribution in [0.1, 0.15) is 25.7 Å². The summed E-state index contributed by atoms with van der Waals surface area (Å²) >= 11 is 0. The standard InChI is InChI=1S/C12H17N3O3S/c13-12(5-2-6-12)8-11(16)15-9-3-1-4-10(7-9)19(14,17)18/h1,3-4,7H,2,5-6,8,13H2,(H,15,16)(H2,14,17,18). The highest BCUT2D eigenvalue weighted by atomic mass is 32.2. The van der Waals surface area contributed by atoms with E-state index in [-0.39, 0.29) is 17.2 Å². The SMILES string of the molecule is NC1(CC(=O)Nc2cccc(S(N)(=O)=O)c2)CCC1. The average molecular weight is 283 g/mol. The predicted octanol–water partition coefficient (Wildman–Crippen LogP) is 0.544. The van der Waals surface area contributed by atoms with E-state index in [0.717, 1.165) is 19.3 Å². The highest BCUT2D eigenvalue weighted by molar-refractivity contribution is 7.89. The van der Waals surface area contributed by atoms with Gasteiger partial charge in [-0.05, 0) is 37.5 Å². The summed E-state index contributed by atoms with van der Waals surface area (Å²) in [6.07, 6.45) is 2.98. The molecule has 0 aliphatic heterocycles. The van der Waals surface area contributed by atoms with Crippen LogP contribution in [0.3, 0.4) is 0 Å². The number of amides is 1. The molecule has 1 aromatic carbocycles. The number of sulfonamides is 1. The maximum Gasteiger partial charge on any atom is 0.238 e. The molecule has 1 saturated carbocycles. The van der Waals surface area contributed by atoms with E-state index in [0.29, 0.717) is 5.69 Å². The highest BCUT2D eigenvalue weighted by Crippen LogP contribution is 2.32. The van der Waals surface area contributed by atoms with Crippen molar-refractivity contribution in [1.82, 2.24) is 0 Å². The molecule has 7 heteroatoms. The summed E-state index contributed by atoms with van der Waals surface area (Å²) in [6, 6.07) is 5.84. The molecule has 0 radical (unpaired) electrons. The van der Waals surface area contributed by atoms with Gasteiger partial charge < -0.3 is 11.1 Å². The highest BCUT2D eigenvalue weighted by Gasteiger charge is 2.34. The number of nitrogens with two attached hydrogens (primary N) is 2. The molecular weight excluding hydrogens is 266 g/mol. The summed E-state index contributed by atoms with van der Waals surface area (Å²) in [7, 11) is -3.77. The summed E-state index contributed by atoms with van der Waals surface area (Å²) < 4.78 is 22.4. The van der Waals surface area contributed by atoms with Crippen LogP contribution in [0.15, 0.2) is 29.2 Å². The summed E-state index contributed by atoms with van der Waals surface area (Å²) in [5.74, 6) is -0.214. The van der Waals surface area contributed by atoms with Crippen LogP contribution in [0.2, 0.25) is 0 Å². The van der Waals surface area contributed by atoms with Crippen LogP contribution in [0, 0.1) is 0 Å². The Morgan fingerprint density at radius 2 is 2.05 bits per heavy atom. The second-order valence-corrected chi connectivity index (χ2v) is 6.58. The molecular formula is C12H17N3O3S. The first-order valence-electron chi connectivity index (χ1n) is 6.00. The first-order valence-corrected chi connectivity index (χ1v) is 7.55.